The Balaban J connectivity index is 1.84. The van der Waals surface area contributed by atoms with Crippen LogP contribution in [0.2, 0.25) is 0 Å². The van der Waals surface area contributed by atoms with Crippen LogP contribution in [0.3, 0.4) is 0 Å². The second-order valence-electron chi connectivity index (χ2n) is 6.15. The predicted molar refractivity (Wildman–Crippen MR) is 102 cm³/mol. The molecule has 5 heteroatoms. The highest BCUT2D eigenvalue weighted by atomic mass is 16.5. The molecule has 1 heterocycles. The average Bonchev–Trinajstić information content (AvgIpc) is 2.67. The van der Waals surface area contributed by atoms with Gasteiger partial charge in [0, 0.05) is 5.39 Å². The molecule has 0 bridgehead atoms. The van der Waals surface area contributed by atoms with Gasteiger partial charge in [0.1, 0.15) is 5.69 Å². The molecule has 0 saturated heterocycles. The Kier molecular flexibility index (Phi) is 5.07. The quantitative estimate of drug-likeness (QED) is 0.754. The molecule has 0 aliphatic heterocycles. The molecule has 0 radical (unpaired) electrons. The van der Waals surface area contributed by atoms with Gasteiger partial charge >= 0.3 is 0 Å². The number of benzene rings is 2. The van der Waals surface area contributed by atoms with E-state index in [0.29, 0.717) is 17.2 Å². The number of nitrogens with zero attached hydrogens (tertiary/aromatic N) is 1. The Morgan fingerprint density at radius 3 is 2.46 bits per heavy atom. The minimum absolute atomic E-state index is 0.199. The van der Waals surface area contributed by atoms with Crippen LogP contribution >= 0.6 is 0 Å². The van der Waals surface area contributed by atoms with Crippen LogP contribution in [0.15, 0.2) is 48.5 Å². The number of ether oxygens (including phenoxy) is 2. The first-order valence-electron chi connectivity index (χ1n) is 8.42. The number of pyridine rings is 1. The molecule has 1 N–H and O–H groups in total. The number of nitrogens with one attached hydrogen (secondary N) is 1. The smallest absolute Gasteiger partial charge is 0.270 e. The third-order valence-electron chi connectivity index (χ3n) is 4.42. The molecule has 0 fully saturated rings. The number of hydrogen-bond acceptors (Lipinski definition) is 4. The van der Waals surface area contributed by atoms with E-state index < -0.39 is 0 Å². The van der Waals surface area contributed by atoms with Gasteiger partial charge in [0.05, 0.1) is 25.8 Å². The summed E-state index contributed by atoms with van der Waals surface area (Å²) in [5, 5.41) is 4.02. The third-order valence-corrected chi connectivity index (χ3v) is 4.42. The summed E-state index contributed by atoms with van der Waals surface area (Å²) in [5.74, 6) is 1.10. The highest BCUT2D eigenvalue weighted by Crippen LogP contribution is 2.32. The Morgan fingerprint density at radius 1 is 1.04 bits per heavy atom. The van der Waals surface area contributed by atoms with Crippen molar-refractivity contribution < 1.29 is 14.3 Å². The van der Waals surface area contributed by atoms with Gasteiger partial charge in [-0.3, -0.25) is 4.79 Å². The first-order chi connectivity index (χ1) is 12.5. The fourth-order valence-electron chi connectivity index (χ4n) is 3.00. The van der Waals surface area contributed by atoms with E-state index in [-0.39, 0.29) is 11.9 Å². The highest BCUT2D eigenvalue weighted by Gasteiger charge is 2.17. The van der Waals surface area contributed by atoms with Gasteiger partial charge in [0.2, 0.25) is 0 Å². The number of aryl methyl sites for hydroxylation is 1. The predicted octanol–water partition coefficient (Wildman–Crippen LogP) is 4.05. The number of hydrogen-bond donors (Lipinski definition) is 1. The second-order valence-corrected chi connectivity index (χ2v) is 6.15. The Labute approximate surface area is 153 Å². The van der Waals surface area contributed by atoms with E-state index in [1.165, 1.54) is 0 Å². The molecule has 1 atom stereocenters. The molecule has 1 unspecified atom stereocenters. The summed E-state index contributed by atoms with van der Waals surface area (Å²) in [4.78, 5) is 17.1. The monoisotopic (exact) mass is 350 g/mol. The SMILES string of the molecule is COc1cc(C)c(C(C)NC(=O)c2ccc3ccccc3n2)cc1OC. The third kappa shape index (κ3) is 3.47. The minimum Gasteiger partial charge on any atom is -0.493 e. The van der Waals surface area contributed by atoms with E-state index in [1.54, 1.807) is 20.3 Å². The summed E-state index contributed by atoms with van der Waals surface area (Å²) in [6, 6.07) is 15.0. The van der Waals surface area contributed by atoms with Crippen molar-refractivity contribution in [1.29, 1.82) is 0 Å². The van der Waals surface area contributed by atoms with Crippen LogP contribution in [0.5, 0.6) is 11.5 Å². The van der Waals surface area contributed by atoms with Crippen LogP contribution in [0, 0.1) is 6.92 Å². The fraction of sp³-hybridized carbons (Fsp3) is 0.238. The molecule has 1 amide bonds. The van der Waals surface area contributed by atoms with Crippen LogP contribution in [0.25, 0.3) is 10.9 Å². The zero-order chi connectivity index (χ0) is 18.7. The number of carbonyl (C=O) groups excluding carboxylic acids is 1. The van der Waals surface area contributed by atoms with Gasteiger partial charge in [0.25, 0.3) is 5.91 Å². The van der Waals surface area contributed by atoms with Crippen LogP contribution in [-0.2, 0) is 0 Å². The molecule has 3 rings (SSSR count). The first kappa shape index (κ1) is 17.7. The minimum atomic E-state index is -0.211. The summed E-state index contributed by atoms with van der Waals surface area (Å²) in [5.41, 5.74) is 3.18. The number of rotatable bonds is 5. The van der Waals surface area contributed by atoms with Gasteiger partial charge in [0.15, 0.2) is 11.5 Å². The van der Waals surface area contributed by atoms with Crippen molar-refractivity contribution in [3.8, 4) is 11.5 Å². The van der Waals surface area contributed by atoms with E-state index in [0.717, 1.165) is 22.0 Å². The lowest BCUT2D eigenvalue weighted by Gasteiger charge is -2.19. The first-order valence-corrected chi connectivity index (χ1v) is 8.42. The van der Waals surface area contributed by atoms with Crippen LogP contribution in [-0.4, -0.2) is 25.1 Å². The number of fused-ring (bicyclic) bond motifs is 1. The zero-order valence-corrected chi connectivity index (χ0v) is 15.4. The maximum Gasteiger partial charge on any atom is 0.270 e. The van der Waals surface area contributed by atoms with Gasteiger partial charge in [-0.25, -0.2) is 4.98 Å². The maximum absolute atomic E-state index is 12.6. The van der Waals surface area contributed by atoms with E-state index in [1.807, 2.05) is 56.3 Å². The average molecular weight is 350 g/mol. The molecule has 5 nitrogen and oxygen atoms in total. The number of amides is 1. The summed E-state index contributed by atoms with van der Waals surface area (Å²) in [6.45, 7) is 3.92. The van der Waals surface area contributed by atoms with Gasteiger partial charge in [-0.05, 0) is 49.2 Å². The summed E-state index contributed by atoms with van der Waals surface area (Å²) in [7, 11) is 3.20. The van der Waals surface area contributed by atoms with Crippen LogP contribution in [0.1, 0.15) is 34.6 Å². The fourth-order valence-corrected chi connectivity index (χ4v) is 3.00. The van der Waals surface area contributed by atoms with Crippen molar-refractivity contribution >= 4 is 16.8 Å². The summed E-state index contributed by atoms with van der Waals surface area (Å²) >= 11 is 0. The molecular weight excluding hydrogens is 328 g/mol. The number of methoxy groups -OCH3 is 2. The molecule has 0 saturated carbocycles. The molecule has 0 aliphatic carbocycles. The number of carbonyl (C=O) groups is 1. The van der Waals surface area contributed by atoms with Crippen molar-refractivity contribution in [2.45, 2.75) is 19.9 Å². The Morgan fingerprint density at radius 2 is 1.73 bits per heavy atom. The molecule has 26 heavy (non-hydrogen) atoms. The van der Waals surface area contributed by atoms with Gasteiger partial charge in [-0.2, -0.15) is 0 Å². The van der Waals surface area contributed by atoms with E-state index in [9.17, 15) is 4.79 Å². The van der Waals surface area contributed by atoms with Gasteiger partial charge in [-0.1, -0.05) is 24.3 Å². The lowest BCUT2D eigenvalue weighted by molar-refractivity contribution is 0.0935. The molecular formula is C21H22N2O3. The van der Waals surface area contributed by atoms with Crippen molar-refractivity contribution in [2.24, 2.45) is 0 Å². The maximum atomic E-state index is 12.6. The second kappa shape index (κ2) is 7.44. The standard InChI is InChI=1S/C21H22N2O3/c1-13-11-19(25-3)20(26-4)12-16(13)14(2)22-21(24)18-10-9-15-7-5-6-8-17(15)23-18/h5-12,14H,1-4H3,(H,22,24). The van der Waals surface area contributed by atoms with Gasteiger partial charge in [-0.15, -0.1) is 0 Å². The summed E-state index contributed by atoms with van der Waals surface area (Å²) < 4.78 is 10.7. The lowest BCUT2D eigenvalue weighted by Crippen LogP contribution is -2.28. The molecule has 3 aromatic rings. The van der Waals surface area contributed by atoms with E-state index in [4.69, 9.17) is 9.47 Å². The van der Waals surface area contributed by atoms with Crippen molar-refractivity contribution in [3.05, 3.63) is 65.4 Å². The van der Waals surface area contributed by atoms with E-state index in [2.05, 4.69) is 10.3 Å². The topological polar surface area (TPSA) is 60.5 Å². The van der Waals surface area contributed by atoms with Crippen LogP contribution in [0.4, 0.5) is 0 Å². The van der Waals surface area contributed by atoms with Gasteiger partial charge < -0.3 is 14.8 Å². The number of para-hydroxylation sites is 1. The Bertz CT molecular complexity index is 953. The normalized spacial score (nSPS) is 11.8. The molecule has 0 aliphatic rings. The highest BCUT2D eigenvalue weighted by molar-refractivity contribution is 5.95. The Hall–Kier alpha value is -3.08. The molecule has 1 aromatic heterocycles. The van der Waals surface area contributed by atoms with Crippen molar-refractivity contribution in [3.63, 3.8) is 0 Å². The molecule has 0 spiro atoms. The summed E-state index contributed by atoms with van der Waals surface area (Å²) in [6.07, 6.45) is 0. The molecule has 2 aromatic carbocycles. The molecule has 134 valence electrons. The van der Waals surface area contributed by atoms with E-state index >= 15 is 0 Å². The largest absolute Gasteiger partial charge is 0.493 e. The van der Waals surface area contributed by atoms with Crippen LogP contribution < -0.4 is 14.8 Å². The van der Waals surface area contributed by atoms with Crippen molar-refractivity contribution in [1.82, 2.24) is 10.3 Å². The number of aromatic nitrogens is 1. The zero-order valence-electron chi connectivity index (χ0n) is 15.4. The lowest BCUT2D eigenvalue weighted by atomic mass is 10.0. The van der Waals surface area contributed by atoms with Crippen molar-refractivity contribution in [2.75, 3.05) is 14.2 Å².